The zero-order valence-electron chi connectivity index (χ0n) is 4.64. The summed E-state index contributed by atoms with van der Waals surface area (Å²) in [6.07, 6.45) is 0. The monoisotopic (exact) mass is 178 g/mol. The molecule has 1 radical (unpaired) electrons. The van der Waals surface area contributed by atoms with Crippen molar-refractivity contribution >= 4 is 5.97 Å². The minimum atomic E-state index is -0.833. The summed E-state index contributed by atoms with van der Waals surface area (Å²) in [6.45, 7) is 6.08. The molecule has 0 aliphatic heterocycles. The number of hydrogen-bond acceptors (Lipinski definition) is 1. The van der Waals surface area contributed by atoms with Gasteiger partial charge < -0.3 is 12.0 Å². The van der Waals surface area contributed by atoms with E-state index in [9.17, 15) is 0 Å². The molecule has 0 aromatic heterocycles. The average molecular weight is 178 g/mol. The molecule has 2 nitrogen and oxygen atoms in total. The van der Waals surface area contributed by atoms with E-state index in [2.05, 4.69) is 6.92 Å². The van der Waals surface area contributed by atoms with Gasteiger partial charge in [0.1, 0.15) is 0 Å². The van der Waals surface area contributed by atoms with Gasteiger partial charge in [0.05, 0.1) is 0 Å². The van der Waals surface area contributed by atoms with Gasteiger partial charge in [-0.05, 0) is 0 Å². The van der Waals surface area contributed by atoms with Crippen LogP contribution in [-0.4, -0.2) is 11.1 Å². The van der Waals surface area contributed by atoms with E-state index in [1.54, 1.807) is 6.92 Å². The summed E-state index contributed by atoms with van der Waals surface area (Å²) >= 11 is 0. The van der Waals surface area contributed by atoms with Gasteiger partial charge in [-0.1, -0.05) is 0 Å². The standard InChI is InChI=1S/C2H4O2.C2H5.Y/c1-2(3)4;1-2;/h1H3,(H,3,4);1H2,2H3;/q;-1;. The molecule has 0 aromatic rings. The molecule has 0 saturated heterocycles. The number of carboxylic acids is 1. The second-order valence-corrected chi connectivity index (χ2v) is 0.519. The van der Waals surface area contributed by atoms with Crippen LogP contribution >= 0.6 is 0 Å². The Hall–Kier alpha value is 0.574. The Bertz CT molecular complexity index is 32.7. The molecule has 0 heterocycles. The van der Waals surface area contributed by atoms with Crippen molar-refractivity contribution in [2.24, 2.45) is 0 Å². The van der Waals surface area contributed by atoms with Crippen molar-refractivity contribution in [2.75, 3.05) is 0 Å². The average Bonchev–Trinajstić information content (AvgIpc) is 1.41. The third-order valence-electron chi connectivity index (χ3n) is 0. The van der Waals surface area contributed by atoms with Crippen LogP contribution in [0.25, 0.3) is 0 Å². The first-order valence-corrected chi connectivity index (χ1v) is 1.63. The van der Waals surface area contributed by atoms with E-state index in [0.717, 1.165) is 6.92 Å². The molecule has 0 spiro atoms. The van der Waals surface area contributed by atoms with E-state index >= 15 is 0 Å². The van der Waals surface area contributed by atoms with Gasteiger partial charge in [-0.15, -0.1) is 0 Å². The predicted molar refractivity (Wildman–Crippen MR) is 24.3 cm³/mol. The van der Waals surface area contributed by atoms with Crippen molar-refractivity contribution in [3.8, 4) is 0 Å². The number of aliphatic carboxylic acids is 1. The van der Waals surface area contributed by atoms with E-state index < -0.39 is 5.97 Å². The van der Waals surface area contributed by atoms with Crippen molar-refractivity contribution in [1.82, 2.24) is 0 Å². The van der Waals surface area contributed by atoms with Crippen LogP contribution in [0.15, 0.2) is 0 Å². The summed E-state index contributed by atoms with van der Waals surface area (Å²) in [5.41, 5.74) is 0. The van der Waals surface area contributed by atoms with Crippen molar-refractivity contribution in [1.29, 1.82) is 0 Å². The fourth-order valence-electron chi connectivity index (χ4n) is 0. The SMILES string of the molecule is CC(=O)O.[CH2-]C.[Y]. The molecule has 3 heteroatoms. The van der Waals surface area contributed by atoms with Crippen molar-refractivity contribution in [3.05, 3.63) is 6.92 Å². The van der Waals surface area contributed by atoms with E-state index in [0.29, 0.717) is 0 Å². The number of rotatable bonds is 0. The second-order valence-electron chi connectivity index (χ2n) is 0.519. The van der Waals surface area contributed by atoms with Gasteiger partial charge in [-0.2, -0.15) is 6.92 Å². The fourth-order valence-corrected chi connectivity index (χ4v) is 0. The second kappa shape index (κ2) is 16.0. The first kappa shape index (κ1) is 15.6. The minimum absolute atomic E-state index is 0. The molecule has 0 amide bonds. The van der Waals surface area contributed by atoms with Gasteiger partial charge in [0.25, 0.3) is 5.97 Å². The summed E-state index contributed by atoms with van der Waals surface area (Å²) in [6, 6.07) is 0. The maximum Gasteiger partial charge on any atom is 0.300 e. The fraction of sp³-hybridized carbons (Fsp3) is 0.500. The van der Waals surface area contributed by atoms with Crippen molar-refractivity contribution < 1.29 is 42.6 Å². The van der Waals surface area contributed by atoms with Crippen LogP contribution < -0.4 is 0 Å². The molecule has 0 aromatic carbocycles. The number of carboxylic acid groups (broad SMARTS) is 1. The largest absolute Gasteiger partial charge is 0.481 e. The maximum absolute atomic E-state index is 9.00. The molecule has 0 aliphatic rings. The molecular weight excluding hydrogens is 169 g/mol. The first-order valence-electron chi connectivity index (χ1n) is 1.63. The summed E-state index contributed by atoms with van der Waals surface area (Å²) in [4.78, 5) is 9.00. The molecule has 0 unspecified atom stereocenters. The summed E-state index contributed by atoms with van der Waals surface area (Å²) in [5, 5.41) is 7.42. The predicted octanol–water partition coefficient (Wildman–Crippen LogP) is 0.929. The van der Waals surface area contributed by atoms with Crippen molar-refractivity contribution in [3.63, 3.8) is 0 Å². The zero-order valence-corrected chi connectivity index (χ0v) is 7.48. The summed E-state index contributed by atoms with van der Waals surface area (Å²) in [7, 11) is 0. The van der Waals surface area contributed by atoms with E-state index in [1.165, 1.54) is 0 Å². The van der Waals surface area contributed by atoms with Crippen LogP contribution in [0.3, 0.4) is 0 Å². The van der Waals surface area contributed by atoms with Gasteiger partial charge in [0, 0.05) is 39.6 Å². The molecule has 0 saturated carbocycles. The summed E-state index contributed by atoms with van der Waals surface area (Å²) < 4.78 is 0. The Kier molecular flexibility index (Phi) is 35.7. The molecule has 7 heavy (non-hydrogen) atoms. The van der Waals surface area contributed by atoms with Crippen LogP contribution in [0.2, 0.25) is 0 Å². The number of carbonyl (C=O) groups is 1. The van der Waals surface area contributed by atoms with E-state index in [4.69, 9.17) is 9.90 Å². The number of hydrogen-bond donors (Lipinski definition) is 1. The van der Waals surface area contributed by atoms with Gasteiger partial charge in [0.2, 0.25) is 0 Å². The van der Waals surface area contributed by atoms with Crippen LogP contribution in [0, 0.1) is 6.92 Å². The Balaban J connectivity index is -0.0000000480. The smallest absolute Gasteiger partial charge is 0.300 e. The zero-order chi connectivity index (χ0) is 5.58. The van der Waals surface area contributed by atoms with E-state index in [1.807, 2.05) is 0 Å². The Morgan fingerprint density at radius 3 is 1.57 bits per heavy atom. The topological polar surface area (TPSA) is 37.3 Å². The molecule has 0 aliphatic carbocycles. The first-order chi connectivity index (χ1) is 2.73. The van der Waals surface area contributed by atoms with Crippen molar-refractivity contribution in [2.45, 2.75) is 13.8 Å². The Morgan fingerprint density at radius 2 is 1.57 bits per heavy atom. The third-order valence-corrected chi connectivity index (χ3v) is 0. The van der Waals surface area contributed by atoms with Gasteiger partial charge in [-0.3, -0.25) is 4.79 Å². The molecule has 0 fully saturated rings. The Labute approximate surface area is 69.2 Å². The summed E-state index contributed by atoms with van der Waals surface area (Å²) in [5.74, 6) is -0.833. The molecule has 1 N–H and O–H groups in total. The van der Waals surface area contributed by atoms with Crippen LogP contribution in [-0.2, 0) is 37.5 Å². The minimum Gasteiger partial charge on any atom is -0.481 e. The molecule has 0 bridgehead atoms. The molecule has 0 rings (SSSR count). The van der Waals surface area contributed by atoms with Gasteiger partial charge in [0.15, 0.2) is 0 Å². The molecule has 41 valence electrons. The maximum atomic E-state index is 9.00. The molecule has 0 atom stereocenters. The molecular formula is C4H9O2Y-. The quantitative estimate of drug-likeness (QED) is 0.560. The Morgan fingerprint density at radius 1 is 1.57 bits per heavy atom. The van der Waals surface area contributed by atoms with Crippen LogP contribution in [0.4, 0.5) is 0 Å². The normalized spacial score (nSPS) is 4.43. The van der Waals surface area contributed by atoms with E-state index in [-0.39, 0.29) is 32.7 Å². The third kappa shape index (κ3) is 418. The van der Waals surface area contributed by atoms with Gasteiger partial charge in [-0.25, -0.2) is 0 Å². The van der Waals surface area contributed by atoms with Crippen LogP contribution in [0.1, 0.15) is 13.8 Å². The van der Waals surface area contributed by atoms with Gasteiger partial charge >= 0.3 is 0 Å². The van der Waals surface area contributed by atoms with Crippen LogP contribution in [0.5, 0.6) is 0 Å².